The van der Waals surface area contributed by atoms with Crippen molar-refractivity contribution in [1.82, 2.24) is 5.32 Å². The topological polar surface area (TPSA) is 75.6 Å². The molecule has 3 aliphatic rings. The minimum atomic E-state index is -0.518. The van der Waals surface area contributed by atoms with Crippen LogP contribution in [-0.2, 0) is 14.3 Å². The fraction of sp³-hybridized carbons (Fsp3) is 0.500. The van der Waals surface area contributed by atoms with Gasteiger partial charge < -0.3 is 15.2 Å². The molecule has 1 atom stereocenters. The van der Waals surface area contributed by atoms with E-state index in [1.807, 2.05) is 13.0 Å². The van der Waals surface area contributed by atoms with Crippen LogP contribution in [0.2, 0.25) is 0 Å². The molecule has 0 saturated heterocycles. The van der Waals surface area contributed by atoms with Crippen molar-refractivity contribution in [3.63, 3.8) is 0 Å². The van der Waals surface area contributed by atoms with E-state index in [1.165, 1.54) is 0 Å². The largest absolute Gasteiger partial charge is 0.508 e. The molecular weight excluding hydrogens is 366 g/mol. The Morgan fingerprint density at radius 1 is 1.21 bits per heavy atom. The summed E-state index contributed by atoms with van der Waals surface area (Å²) in [7, 11) is 0. The van der Waals surface area contributed by atoms with Gasteiger partial charge in [0, 0.05) is 29.3 Å². The Labute approximate surface area is 171 Å². The molecule has 2 aliphatic carbocycles. The number of nitrogens with one attached hydrogen (secondary N) is 1. The van der Waals surface area contributed by atoms with Crippen LogP contribution in [0.3, 0.4) is 0 Å². The van der Waals surface area contributed by atoms with Crippen LogP contribution >= 0.6 is 0 Å². The number of phenolic OH excluding ortho intramolecular Hbond substituents is 1. The monoisotopic (exact) mass is 395 g/mol. The lowest BCUT2D eigenvalue weighted by Crippen LogP contribution is -2.39. The van der Waals surface area contributed by atoms with Gasteiger partial charge in [0.25, 0.3) is 0 Å². The van der Waals surface area contributed by atoms with E-state index in [2.05, 4.69) is 19.2 Å². The van der Waals surface area contributed by atoms with Gasteiger partial charge in [0.05, 0.1) is 5.57 Å². The summed E-state index contributed by atoms with van der Waals surface area (Å²) in [6.45, 7) is 6.04. The molecule has 0 amide bonds. The molecule has 5 heteroatoms. The molecule has 0 bridgehead atoms. The number of rotatable bonds is 3. The highest BCUT2D eigenvalue weighted by atomic mass is 16.5. The van der Waals surface area contributed by atoms with E-state index in [0.29, 0.717) is 17.6 Å². The average molecular weight is 395 g/mol. The van der Waals surface area contributed by atoms with Crippen LogP contribution in [0.5, 0.6) is 5.75 Å². The number of esters is 1. The number of Topliss-reactive ketones (excluding diaryl/α,β-unsaturated/α-hetero) is 1. The zero-order chi connectivity index (χ0) is 20.8. The van der Waals surface area contributed by atoms with Crippen LogP contribution in [0.25, 0.3) is 0 Å². The summed E-state index contributed by atoms with van der Waals surface area (Å²) in [4.78, 5) is 26.4. The maximum absolute atomic E-state index is 13.2. The summed E-state index contributed by atoms with van der Waals surface area (Å²) in [5.74, 6) is -0.709. The molecule has 5 nitrogen and oxygen atoms in total. The Morgan fingerprint density at radius 3 is 2.62 bits per heavy atom. The zero-order valence-electron chi connectivity index (χ0n) is 17.4. The van der Waals surface area contributed by atoms with Gasteiger partial charge in [-0.3, -0.25) is 4.79 Å². The second-order valence-corrected chi connectivity index (χ2v) is 9.34. The Morgan fingerprint density at radius 2 is 1.93 bits per heavy atom. The number of ketones is 1. The van der Waals surface area contributed by atoms with E-state index in [4.69, 9.17) is 4.74 Å². The third-order valence-electron chi connectivity index (χ3n) is 6.24. The first-order chi connectivity index (χ1) is 13.7. The Hall–Kier alpha value is -2.56. The minimum Gasteiger partial charge on any atom is -0.508 e. The number of dihydropyridines is 1. The number of phenols is 1. The second kappa shape index (κ2) is 7.36. The summed E-state index contributed by atoms with van der Waals surface area (Å²) in [5, 5.41) is 13.4. The van der Waals surface area contributed by atoms with Gasteiger partial charge in [-0.2, -0.15) is 0 Å². The lowest BCUT2D eigenvalue weighted by molar-refractivity contribution is -0.144. The molecule has 1 aromatic carbocycles. The van der Waals surface area contributed by atoms with Crippen molar-refractivity contribution in [3.8, 4) is 5.75 Å². The standard InChI is InChI=1S/C24H29NO4/c1-14-20(23(28)29-17-9-4-5-10-17)21(15-7-6-8-16(26)11-15)22-18(25-14)12-24(2,3)13-19(22)27/h6-8,11,17,21,25-26H,4-5,9-10,12-13H2,1-3H3/t21-/m1/s1. The van der Waals surface area contributed by atoms with Crippen LogP contribution in [-0.4, -0.2) is 23.0 Å². The van der Waals surface area contributed by atoms with Gasteiger partial charge in [0.15, 0.2) is 5.78 Å². The van der Waals surface area contributed by atoms with Gasteiger partial charge in [0.1, 0.15) is 11.9 Å². The zero-order valence-corrected chi connectivity index (χ0v) is 17.4. The van der Waals surface area contributed by atoms with Gasteiger partial charge in [-0.15, -0.1) is 0 Å². The van der Waals surface area contributed by atoms with Gasteiger partial charge in [-0.25, -0.2) is 4.79 Å². The maximum Gasteiger partial charge on any atom is 0.337 e. The van der Waals surface area contributed by atoms with Crippen LogP contribution in [0, 0.1) is 5.41 Å². The molecule has 2 N–H and O–H groups in total. The number of allylic oxidation sites excluding steroid dienone is 3. The van der Waals surface area contributed by atoms with Crippen molar-refractivity contribution < 1.29 is 19.4 Å². The molecule has 4 rings (SSSR count). The van der Waals surface area contributed by atoms with Crippen LogP contribution < -0.4 is 5.32 Å². The summed E-state index contributed by atoms with van der Waals surface area (Å²) in [6, 6.07) is 6.85. The van der Waals surface area contributed by atoms with Gasteiger partial charge >= 0.3 is 5.97 Å². The highest BCUT2D eigenvalue weighted by Crippen LogP contribution is 2.47. The summed E-state index contributed by atoms with van der Waals surface area (Å²) in [6.07, 6.45) is 5.06. The molecule has 1 heterocycles. The highest BCUT2D eigenvalue weighted by molar-refractivity contribution is 6.04. The number of benzene rings is 1. The van der Waals surface area contributed by atoms with Crippen LogP contribution in [0.15, 0.2) is 46.8 Å². The number of hydrogen-bond donors (Lipinski definition) is 2. The van der Waals surface area contributed by atoms with Gasteiger partial charge in [-0.1, -0.05) is 26.0 Å². The lowest BCUT2D eigenvalue weighted by atomic mass is 9.68. The molecule has 1 fully saturated rings. The van der Waals surface area contributed by atoms with E-state index in [9.17, 15) is 14.7 Å². The fourth-order valence-electron chi connectivity index (χ4n) is 4.97. The van der Waals surface area contributed by atoms with Crippen molar-refractivity contribution in [2.75, 3.05) is 0 Å². The van der Waals surface area contributed by atoms with E-state index < -0.39 is 5.92 Å². The molecule has 0 radical (unpaired) electrons. The van der Waals surface area contributed by atoms with E-state index in [0.717, 1.165) is 49.1 Å². The van der Waals surface area contributed by atoms with Crippen molar-refractivity contribution in [1.29, 1.82) is 0 Å². The van der Waals surface area contributed by atoms with Crippen LogP contribution in [0.4, 0.5) is 0 Å². The van der Waals surface area contributed by atoms with Crippen molar-refractivity contribution >= 4 is 11.8 Å². The van der Waals surface area contributed by atoms with Crippen molar-refractivity contribution in [3.05, 3.63) is 52.4 Å². The molecule has 1 aromatic rings. The Balaban J connectivity index is 1.79. The predicted octanol–water partition coefficient (Wildman–Crippen LogP) is 4.48. The molecule has 1 saturated carbocycles. The molecule has 0 spiro atoms. The highest BCUT2D eigenvalue weighted by Gasteiger charge is 2.43. The smallest absolute Gasteiger partial charge is 0.337 e. The SMILES string of the molecule is CC1=C(C(=O)OC2CCCC2)[C@@H](c2cccc(O)c2)C2=C(CC(C)(C)CC2=O)N1. The number of hydrogen-bond acceptors (Lipinski definition) is 5. The summed E-state index contributed by atoms with van der Waals surface area (Å²) < 4.78 is 5.83. The Bertz CT molecular complexity index is 919. The van der Waals surface area contributed by atoms with Gasteiger partial charge in [0.2, 0.25) is 0 Å². The first-order valence-corrected chi connectivity index (χ1v) is 10.5. The molecule has 1 aliphatic heterocycles. The first kappa shape index (κ1) is 19.7. The molecule has 154 valence electrons. The normalized spacial score (nSPS) is 24.4. The molecule has 0 unspecified atom stereocenters. The lowest BCUT2D eigenvalue weighted by Gasteiger charge is -2.39. The van der Waals surface area contributed by atoms with Crippen molar-refractivity contribution in [2.45, 2.75) is 71.3 Å². The minimum absolute atomic E-state index is 0.0516. The first-order valence-electron chi connectivity index (χ1n) is 10.5. The Kier molecular flexibility index (Phi) is 5.01. The average Bonchev–Trinajstić information content (AvgIpc) is 3.12. The third kappa shape index (κ3) is 3.83. The van der Waals surface area contributed by atoms with E-state index in [-0.39, 0.29) is 29.0 Å². The maximum atomic E-state index is 13.2. The number of aromatic hydroxyl groups is 1. The summed E-state index contributed by atoms with van der Waals surface area (Å²) in [5.41, 5.74) is 3.34. The predicted molar refractivity (Wildman–Crippen MR) is 110 cm³/mol. The summed E-state index contributed by atoms with van der Waals surface area (Å²) >= 11 is 0. The van der Waals surface area contributed by atoms with Gasteiger partial charge in [-0.05, 0) is 62.1 Å². The number of carbonyl (C=O) groups is 2. The molecule has 29 heavy (non-hydrogen) atoms. The third-order valence-corrected chi connectivity index (χ3v) is 6.24. The van der Waals surface area contributed by atoms with E-state index >= 15 is 0 Å². The number of ether oxygens (including phenoxy) is 1. The fourth-order valence-corrected chi connectivity index (χ4v) is 4.97. The second-order valence-electron chi connectivity index (χ2n) is 9.34. The molecule has 0 aromatic heterocycles. The quantitative estimate of drug-likeness (QED) is 0.738. The van der Waals surface area contributed by atoms with Crippen LogP contribution in [0.1, 0.15) is 70.8 Å². The number of carbonyl (C=O) groups excluding carboxylic acids is 2. The van der Waals surface area contributed by atoms with Crippen molar-refractivity contribution in [2.24, 2.45) is 5.41 Å². The van der Waals surface area contributed by atoms with E-state index in [1.54, 1.807) is 18.2 Å². The molecular formula is C24H29NO4.